The monoisotopic (exact) mass is 346 g/mol. The Balaban J connectivity index is 1.85. The topological polar surface area (TPSA) is 41.6 Å². The largest absolute Gasteiger partial charge is 0.489 e. The maximum Gasteiger partial charge on any atom is 0.238 e. The number of hydrogen-bond donors (Lipinski definition) is 1. The van der Waals surface area contributed by atoms with Gasteiger partial charge in [-0.2, -0.15) is 0 Å². The molecule has 0 aliphatic rings. The third kappa shape index (κ3) is 5.25. The molecule has 0 heterocycles. The van der Waals surface area contributed by atoms with Crippen molar-refractivity contribution in [2.24, 2.45) is 0 Å². The van der Waals surface area contributed by atoms with Crippen molar-refractivity contribution in [3.05, 3.63) is 64.7 Å². The van der Waals surface area contributed by atoms with E-state index >= 15 is 0 Å². The second-order valence-electron chi connectivity index (χ2n) is 5.86. The fourth-order valence-corrected chi connectivity index (χ4v) is 2.42. The van der Waals surface area contributed by atoms with Crippen LogP contribution in [0.4, 0.5) is 0 Å². The Bertz CT molecular complexity index is 671. The zero-order valence-electron chi connectivity index (χ0n) is 14.3. The molecule has 0 aromatic heterocycles. The summed E-state index contributed by atoms with van der Waals surface area (Å²) in [4.78, 5) is 13.4. The Labute approximate surface area is 148 Å². The van der Waals surface area contributed by atoms with E-state index in [4.69, 9.17) is 16.3 Å². The third-order valence-corrected chi connectivity index (χ3v) is 4.07. The Kier molecular flexibility index (Phi) is 6.64. The lowest BCUT2D eigenvalue weighted by Crippen LogP contribution is -2.41. The normalized spacial score (nSPS) is 11.8. The molecule has 0 bridgehead atoms. The van der Waals surface area contributed by atoms with Crippen LogP contribution in [0, 0.1) is 0 Å². The first-order chi connectivity index (χ1) is 11.5. The first-order valence-corrected chi connectivity index (χ1v) is 8.25. The highest BCUT2D eigenvalue weighted by Crippen LogP contribution is 2.19. The van der Waals surface area contributed by atoms with Crippen LogP contribution >= 0.6 is 11.6 Å². The van der Waals surface area contributed by atoms with Gasteiger partial charge in [-0.3, -0.25) is 4.79 Å². The molecule has 2 aromatic carbocycles. The van der Waals surface area contributed by atoms with Crippen LogP contribution in [0.1, 0.15) is 18.1 Å². The van der Waals surface area contributed by atoms with Gasteiger partial charge in [-0.25, -0.2) is 0 Å². The summed E-state index contributed by atoms with van der Waals surface area (Å²) < 4.78 is 5.76. The van der Waals surface area contributed by atoms with Crippen molar-refractivity contribution >= 4 is 17.5 Å². The van der Waals surface area contributed by atoms with Crippen LogP contribution in [0.15, 0.2) is 48.5 Å². The fourth-order valence-electron chi connectivity index (χ4n) is 2.23. The van der Waals surface area contributed by atoms with E-state index in [1.807, 2.05) is 55.5 Å². The minimum absolute atomic E-state index is 0.0645. The number of benzene rings is 2. The van der Waals surface area contributed by atoms with E-state index in [-0.39, 0.29) is 11.9 Å². The summed E-state index contributed by atoms with van der Waals surface area (Å²) in [6.45, 7) is 2.93. The van der Waals surface area contributed by atoms with E-state index in [0.29, 0.717) is 18.2 Å². The molecular weight excluding hydrogens is 324 g/mol. The van der Waals surface area contributed by atoms with Gasteiger partial charge in [0.2, 0.25) is 5.91 Å². The molecule has 1 atom stereocenters. The lowest BCUT2D eigenvalue weighted by Gasteiger charge is -2.18. The number of likely N-dealkylation sites (N-methyl/N-ethyl adjacent to an activating group) is 1. The molecule has 0 aliphatic heterocycles. The molecule has 2 aromatic rings. The molecule has 0 saturated heterocycles. The second kappa shape index (κ2) is 8.71. The standard InChI is InChI=1S/C19H23ClN2O2/c1-14(19(23)22(2)3)21-12-15-8-10-17(11-9-15)24-13-16-6-4-5-7-18(16)20/h4-11,14,21H,12-13H2,1-3H3/t14-/m0/s1. The Hall–Kier alpha value is -2.04. The molecule has 0 aliphatic carbocycles. The number of rotatable bonds is 7. The van der Waals surface area contributed by atoms with Crippen LogP contribution in [-0.4, -0.2) is 30.9 Å². The fraction of sp³-hybridized carbons (Fsp3) is 0.316. The van der Waals surface area contributed by atoms with E-state index in [1.165, 1.54) is 0 Å². The van der Waals surface area contributed by atoms with Crippen molar-refractivity contribution < 1.29 is 9.53 Å². The number of ether oxygens (including phenoxy) is 1. The lowest BCUT2D eigenvalue weighted by atomic mass is 10.2. The Morgan fingerprint density at radius 1 is 1.17 bits per heavy atom. The highest BCUT2D eigenvalue weighted by Gasteiger charge is 2.13. The zero-order valence-corrected chi connectivity index (χ0v) is 15.0. The van der Waals surface area contributed by atoms with Crippen LogP contribution in [0.2, 0.25) is 5.02 Å². The van der Waals surface area contributed by atoms with Gasteiger partial charge in [-0.15, -0.1) is 0 Å². The van der Waals surface area contributed by atoms with Gasteiger partial charge in [-0.1, -0.05) is 41.9 Å². The van der Waals surface area contributed by atoms with Crippen LogP contribution < -0.4 is 10.1 Å². The van der Waals surface area contributed by atoms with E-state index in [0.717, 1.165) is 16.9 Å². The SMILES string of the molecule is C[C@H](NCc1ccc(OCc2ccccc2Cl)cc1)C(=O)N(C)C. The molecule has 1 N–H and O–H groups in total. The molecule has 2 rings (SSSR count). The third-order valence-electron chi connectivity index (χ3n) is 3.70. The number of nitrogens with one attached hydrogen (secondary N) is 1. The molecule has 5 heteroatoms. The minimum atomic E-state index is -0.212. The summed E-state index contributed by atoms with van der Waals surface area (Å²) in [7, 11) is 3.51. The van der Waals surface area contributed by atoms with Crippen LogP contribution in [0.3, 0.4) is 0 Å². The van der Waals surface area contributed by atoms with Crippen molar-refractivity contribution in [1.29, 1.82) is 0 Å². The molecular formula is C19H23ClN2O2. The molecule has 0 fully saturated rings. The van der Waals surface area contributed by atoms with Crippen LogP contribution in [0.5, 0.6) is 5.75 Å². The van der Waals surface area contributed by atoms with Gasteiger partial charge in [0.15, 0.2) is 0 Å². The van der Waals surface area contributed by atoms with E-state index in [2.05, 4.69) is 5.32 Å². The van der Waals surface area contributed by atoms with Crippen molar-refractivity contribution in [3.8, 4) is 5.75 Å². The predicted molar refractivity (Wildman–Crippen MR) is 97.2 cm³/mol. The van der Waals surface area contributed by atoms with Crippen molar-refractivity contribution in [3.63, 3.8) is 0 Å². The maximum atomic E-state index is 11.8. The molecule has 128 valence electrons. The highest BCUT2D eigenvalue weighted by molar-refractivity contribution is 6.31. The lowest BCUT2D eigenvalue weighted by molar-refractivity contribution is -0.130. The van der Waals surface area contributed by atoms with Crippen LogP contribution in [-0.2, 0) is 17.9 Å². The smallest absolute Gasteiger partial charge is 0.238 e. The summed E-state index contributed by atoms with van der Waals surface area (Å²) in [5.41, 5.74) is 2.06. The quantitative estimate of drug-likeness (QED) is 0.834. The number of hydrogen-bond acceptors (Lipinski definition) is 3. The van der Waals surface area contributed by atoms with Gasteiger partial charge in [-0.05, 0) is 30.7 Å². The molecule has 0 radical (unpaired) electrons. The first-order valence-electron chi connectivity index (χ1n) is 7.87. The maximum absolute atomic E-state index is 11.8. The van der Waals surface area contributed by atoms with Crippen molar-refractivity contribution in [1.82, 2.24) is 10.2 Å². The summed E-state index contributed by atoms with van der Waals surface area (Å²) in [6.07, 6.45) is 0. The van der Waals surface area contributed by atoms with Crippen molar-refractivity contribution in [2.75, 3.05) is 14.1 Å². The Morgan fingerprint density at radius 2 is 1.83 bits per heavy atom. The summed E-state index contributed by atoms with van der Waals surface area (Å²) >= 11 is 6.12. The van der Waals surface area contributed by atoms with E-state index in [9.17, 15) is 4.79 Å². The van der Waals surface area contributed by atoms with Gasteiger partial charge in [0.05, 0.1) is 6.04 Å². The molecule has 4 nitrogen and oxygen atoms in total. The number of nitrogens with zero attached hydrogens (tertiary/aromatic N) is 1. The highest BCUT2D eigenvalue weighted by atomic mass is 35.5. The van der Waals surface area contributed by atoms with E-state index < -0.39 is 0 Å². The predicted octanol–water partition coefficient (Wildman–Crippen LogP) is 3.49. The van der Waals surface area contributed by atoms with Gasteiger partial charge in [0, 0.05) is 31.2 Å². The molecule has 0 saturated carbocycles. The van der Waals surface area contributed by atoms with Gasteiger partial charge in [0.25, 0.3) is 0 Å². The number of halogens is 1. The summed E-state index contributed by atoms with van der Waals surface area (Å²) in [5.74, 6) is 0.853. The number of carbonyl (C=O) groups is 1. The molecule has 24 heavy (non-hydrogen) atoms. The molecule has 0 unspecified atom stereocenters. The second-order valence-corrected chi connectivity index (χ2v) is 6.27. The number of carbonyl (C=O) groups excluding carboxylic acids is 1. The zero-order chi connectivity index (χ0) is 17.5. The Morgan fingerprint density at radius 3 is 2.46 bits per heavy atom. The average Bonchev–Trinajstić information content (AvgIpc) is 2.59. The first kappa shape index (κ1) is 18.3. The van der Waals surface area contributed by atoms with Gasteiger partial charge < -0.3 is 15.0 Å². The summed E-state index contributed by atoms with van der Waals surface area (Å²) in [5, 5.41) is 3.92. The average molecular weight is 347 g/mol. The molecule has 0 spiro atoms. The minimum Gasteiger partial charge on any atom is -0.489 e. The number of amides is 1. The van der Waals surface area contributed by atoms with Crippen LogP contribution in [0.25, 0.3) is 0 Å². The van der Waals surface area contributed by atoms with Gasteiger partial charge in [0.1, 0.15) is 12.4 Å². The molecule has 1 amide bonds. The van der Waals surface area contributed by atoms with Crippen molar-refractivity contribution in [2.45, 2.75) is 26.1 Å². The summed E-state index contributed by atoms with van der Waals surface area (Å²) in [6, 6.07) is 15.2. The van der Waals surface area contributed by atoms with E-state index in [1.54, 1.807) is 19.0 Å². The van der Waals surface area contributed by atoms with Gasteiger partial charge >= 0.3 is 0 Å².